The Balaban J connectivity index is 2.06. The highest BCUT2D eigenvalue weighted by molar-refractivity contribution is 5.79. The van der Waals surface area contributed by atoms with Gasteiger partial charge in [-0.15, -0.1) is 0 Å². The van der Waals surface area contributed by atoms with E-state index in [0.717, 1.165) is 36.0 Å². The molecule has 1 aliphatic heterocycles. The summed E-state index contributed by atoms with van der Waals surface area (Å²) in [7, 11) is 1.86. The van der Waals surface area contributed by atoms with E-state index in [9.17, 15) is 4.79 Å². The van der Waals surface area contributed by atoms with Crippen LogP contribution in [0.25, 0.3) is 10.9 Å². The van der Waals surface area contributed by atoms with Gasteiger partial charge in [-0.2, -0.15) is 0 Å². The zero-order chi connectivity index (χ0) is 12.5. The Morgan fingerprint density at radius 1 is 1.39 bits per heavy atom. The van der Waals surface area contributed by atoms with Crippen LogP contribution in [0, 0.1) is 5.92 Å². The van der Waals surface area contributed by atoms with E-state index in [0.29, 0.717) is 5.92 Å². The molecule has 2 aromatic rings. The Morgan fingerprint density at radius 3 is 3.00 bits per heavy atom. The number of hydrogen-bond acceptors (Lipinski definition) is 2. The molecule has 0 saturated carbocycles. The molecule has 1 aliphatic rings. The molecular weight excluding hydrogens is 224 g/mol. The van der Waals surface area contributed by atoms with Crippen LogP contribution >= 0.6 is 0 Å². The zero-order valence-corrected chi connectivity index (χ0v) is 10.6. The smallest absolute Gasteiger partial charge is 0.253 e. The van der Waals surface area contributed by atoms with Gasteiger partial charge >= 0.3 is 0 Å². The van der Waals surface area contributed by atoms with Crippen LogP contribution in [0.3, 0.4) is 0 Å². The molecule has 1 atom stereocenters. The molecule has 1 unspecified atom stereocenters. The van der Waals surface area contributed by atoms with Crippen LogP contribution in [-0.4, -0.2) is 17.7 Å². The van der Waals surface area contributed by atoms with Crippen LogP contribution in [0.15, 0.2) is 35.1 Å². The molecule has 1 N–H and O–H groups in total. The van der Waals surface area contributed by atoms with E-state index in [4.69, 9.17) is 0 Å². The number of fused-ring (bicyclic) bond motifs is 1. The second-order valence-corrected chi connectivity index (χ2v) is 5.16. The minimum absolute atomic E-state index is 0.153. The molecule has 2 heterocycles. The van der Waals surface area contributed by atoms with E-state index in [1.165, 1.54) is 6.42 Å². The highest BCUT2D eigenvalue weighted by Crippen LogP contribution is 2.17. The van der Waals surface area contributed by atoms with Crippen LogP contribution in [0.2, 0.25) is 0 Å². The monoisotopic (exact) mass is 242 g/mol. The summed E-state index contributed by atoms with van der Waals surface area (Å²) in [6.45, 7) is 2.12. The lowest BCUT2D eigenvalue weighted by Crippen LogP contribution is -2.23. The Morgan fingerprint density at radius 2 is 2.22 bits per heavy atom. The number of hydrogen-bond donors (Lipinski definition) is 1. The van der Waals surface area contributed by atoms with Gasteiger partial charge < -0.3 is 9.88 Å². The molecule has 1 aromatic carbocycles. The summed E-state index contributed by atoms with van der Waals surface area (Å²) in [4.78, 5) is 12.3. The maximum Gasteiger partial charge on any atom is 0.253 e. The van der Waals surface area contributed by atoms with Gasteiger partial charge in [0.25, 0.3) is 5.56 Å². The lowest BCUT2D eigenvalue weighted by atomic mass is 9.98. The van der Waals surface area contributed by atoms with Gasteiger partial charge in [0.15, 0.2) is 0 Å². The largest absolute Gasteiger partial charge is 0.316 e. The van der Waals surface area contributed by atoms with E-state index in [-0.39, 0.29) is 5.56 Å². The molecule has 3 heteroatoms. The SMILES string of the molecule is Cn1c(=O)c(CC2CCNC2)cc2ccccc21. The summed E-state index contributed by atoms with van der Waals surface area (Å²) in [5.41, 5.74) is 2.11. The predicted molar refractivity (Wildman–Crippen MR) is 73.9 cm³/mol. The van der Waals surface area contributed by atoms with E-state index in [1.807, 2.05) is 25.2 Å². The molecule has 3 nitrogen and oxygen atoms in total. The minimum atomic E-state index is 0.153. The second-order valence-electron chi connectivity index (χ2n) is 5.16. The summed E-state index contributed by atoms with van der Waals surface area (Å²) in [5.74, 6) is 0.610. The van der Waals surface area contributed by atoms with Crippen molar-refractivity contribution in [3.05, 3.63) is 46.2 Å². The van der Waals surface area contributed by atoms with Crippen molar-refractivity contribution in [1.82, 2.24) is 9.88 Å². The Labute approximate surface area is 106 Å². The molecule has 0 radical (unpaired) electrons. The van der Waals surface area contributed by atoms with Crippen LogP contribution in [-0.2, 0) is 13.5 Å². The van der Waals surface area contributed by atoms with Crippen molar-refractivity contribution in [2.24, 2.45) is 13.0 Å². The Hall–Kier alpha value is -1.61. The molecule has 18 heavy (non-hydrogen) atoms. The second kappa shape index (κ2) is 4.58. The van der Waals surface area contributed by atoms with Crippen LogP contribution in [0.5, 0.6) is 0 Å². The first-order valence-corrected chi connectivity index (χ1v) is 6.54. The van der Waals surface area contributed by atoms with Crippen molar-refractivity contribution in [1.29, 1.82) is 0 Å². The zero-order valence-electron chi connectivity index (χ0n) is 10.6. The van der Waals surface area contributed by atoms with Crippen molar-refractivity contribution >= 4 is 10.9 Å². The Bertz CT molecular complexity index is 624. The minimum Gasteiger partial charge on any atom is -0.316 e. The highest BCUT2D eigenvalue weighted by Gasteiger charge is 2.17. The van der Waals surface area contributed by atoms with E-state index < -0.39 is 0 Å². The maximum atomic E-state index is 12.3. The molecule has 1 aromatic heterocycles. The number of rotatable bonds is 2. The van der Waals surface area contributed by atoms with E-state index in [1.54, 1.807) is 4.57 Å². The standard InChI is InChI=1S/C15H18N2O/c1-17-14-5-3-2-4-12(14)9-13(15(17)18)8-11-6-7-16-10-11/h2-5,9,11,16H,6-8,10H2,1H3. The molecule has 0 aliphatic carbocycles. The average molecular weight is 242 g/mol. The number of nitrogens with zero attached hydrogens (tertiary/aromatic N) is 1. The molecule has 0 amide bonds. The molecular formula is C15H18N2O. The predicted octanol–water partition coefficient (Wildman–Crippen LogP) is 1.69. The van der Waals surface area contributed by atoms with Gasteiger partial charge in [-0.3, -0.25) is 4.79 Å². The van der Waals surface area contributed by atoms with Crippen molar-refractivity contribution < 1.29 is 0 Å². The fraction of sp³-hybridized carbons (Fsp3) is 0.400. The maximum absolute atomic E-state index is 12.3. The molecule has 0 bridgehead atoms. The van der Waals surface area contributed by atoms with Gasteiger partial charge in [0.05, 0.1) is 5.52 Å². The number of para-hydroxylation sites is 1. The fourth-order valence-corrected chi connectivity index (χ4v) is 2.84. The fourth-order valence-electron chi connectivity index (χ4n) is 2.84. The van der Waals surface area contributed by atoms with Crippen molar-refractivity contribution in [3.8, 4) is 0 Å². The first kappa shape index (κ1) is 11.5. The molecule has 3 rings (SSSR count). The van der Waals surface area contributed by atoms with E-state index in [2.05, 4.69) is 17.4 Å². The number of aromatic nitrogens is 1. The van der Waals surface area contributed by atoms with E-state index >= 15 is 0 Å². The topological polar surface area (TPSA) is 34.0 Å². The number of aryl methyl sites for hydroxylation is 1. The lowest BCUT2D eigenvalue weighted by Gasteiger charge is -2.11. The van der Waals surface area contributed by atoms with Crippen molar-refractivity contribution in [2.75, 3.05) is 13.1 Å². The average Bonchev–Trinajstić information content (AvgIpc) is 2.89. The quantitative estimate of drug-likeness (QED) is 0.869. The van der Waals surface area contributed by atoms with Gasteiger partial charge in [-0.25, -0.2) is 0 Å². The summed E-state index contributed by atoms with van der Waals surface area (Å²) in [6, 6.07) is 10.1. The van der Waals surface area contributed by atoms with Gasteiger partial charge in [0, 0.05) is 12.6 Å². The first-order valence-electron chi connectivity index (χ1n) is 6.54. The summed E-state index contributed by atoms with van der Waals surface area (Å²) < 4.78 is 1.77. The Kier molecular flexibility index (Phi) is 2.92. The van der Waals surface area contributed by atoms with Crippen molar-refractivity contribution in [2.45, 2.75) is 12.8 Å². The normalized spacial score (nSPS) is 19.5. The van der Waals surface area contributed by atoms with Gasteiger partial charge in [0.1, 0.15) is 0 Å². The highest BCUT2D eigenvalue weighted by atomic mass is 16.1. The number of benzene rings is 1. The summed E-state index contributed by atoms with van der Waals surface area (Å²) in [6.07, 6.45) is 2.07. The van der Waals surface area contributed by atoms with Gasteiger partial charge in [-0.1, -0.05) is 18.2 Å². The number of pyridine rings is 1. The van der Waals surface area contributed by atoms with Crippen molar-refractivity contribution in [3.63, 3.8) is 0 Å². The molecule has 1 saturated heterocycles. The summed E-state index contributed by atoms with van der Waals surface area (Å²) >= 11 is 0. The lowest BCUT2D eigenvalue weighted by molar-refractivity contribution is 0.575. The third-order valence-electron chi connectivity index (χ3n) is 3.88. The molecule has 0 spiro atoms. The van der Waals surface area contributed by atoms with Gasteiger partial charge in [-0.05, 0) is 49.4 Å². The molecule has 1 fully saturated rings. The van der Waals surface area contributed by atoms with Crippen LogP contribution in [0.4, 0.5) is 0 Å². The van der Waals surface area contributed by atoms with Crippen LogP contribution < -0.4 is 10.9 Å². The third kappa shape index (κ3) is 1.95. The summed E-state index contributed by atoms with van der Waals surface area (Å²) in [5, 5.41) is 4.51. The van der Waals surface area contributed by atoms with Crippen LogP contribution in [0.1, 0.15) is 12.0 Å². The van der Waals surface area contributed by atoms with Gasteiger partial charge in [0.2, 0.25) is 0 Å². The molecule has 94 valence electrons. The first-order chi connectivity index (χ1) is 8.75. The third-order valence-corrected chi connectivity index (χ3v) is 3.88. The number of nitrogens with one attached hydrogen (secondary N) is 1.